The van der Waals surface area contributed by atoms with Crippen molar-refractivity contribution in [2.24, 2.45) is 5.73 Å². The first-order valence-corrected chi connectivity index (χ1v) is 10.6. The highest BCUT2D eigenvalue weighted by Gasteiger charge is 2.40. The molecular formula is C20H22N6O2S. The first kappa shape index (κ1) is 18.3. The van der Waals surface area contributed by atoms with Crippen LogP contribution in [0.3, 0.4) is 0 Å². The lowest BCUT2D eigenvalue weighted by Crippen LogP contribution is -2.51. The van der Waals surface area contributed by atoms with Gasteiger partial charge in [0, 0.05) is 37.1 Å². The molecule has 0 aliphatic carbocycles. The Balaban J connectivity index is 1.22. The van der Waals surface area contributed by atoms with Crippen molar-refractivity contribution in [3.05, 3.63) is 42.2 Å². The number of fused-ring (bicyclic) bond motifs is 3. The zero-order valence-electron chi connectivity index (χ0n) is 15.8. The highest BCUT2D eigenvalue weighted by molar-refractivity contribution is 7.19. The van der Waals surface area contributed by atoms with Crippen molar-refractivity contribution in [1.29, 1.82) is 0 Å². The predicted molar refractivity (Wildman–Crippen MR) is 110 cm³/mol. The fourth-order valence-electron chi connectivity index (χ4n) is 4.53. The molecule has 1 unspecified atom stereocenters. The number of amides is 2. The van der Waals surface area contributed by atoms with Crippen LogP contribution in [0.5, 0.6) is 10.9 Å². The van der Waals surface area contributed by atoms with Gasteiger partial charge in [0.15, 0.2) is 10.5 Å². The van der Waals surface area contributed by atoms with E-state index in [2.05, 4.69) is 37.3 Å². The summed E-state index contributed by atoms with van der Waals surface area (Å²) in [5, 5.41) is 3.43. The number of ether oxygens (including phenoxy) is 1. The molecule has 2 aromatic heterocycles. The molecule has 4 heterocycles. The highest BCUT2D eigenvalue weighted by atomic mass is 32.1. The van der Waals surface area contributed by atoms with Gasteiger partial charge >= 0.3 is 6.03 Å². The quantitative estimate of drug-likeness (QED) is 0.670. The van der Waals surface area contributed by atoms with E-state index in [1.165, 1.54) is 29.7 Å². The molecule has 2 aliphatic rings. The Morgan fingerprint density at radius 1 is 1.17 bits per heavy atom. The number of primary amides is 1. The van der Waals surface area contributed by atoms with Gasteiger partial charge in [-0.2, -0.15) is 4.98 Å². The minimum absolute atomic E-state index is 0.204. The Morgan fingerprint density at radius 3 is 2.59 bits per heavy atom. The monoisotopic (exact) mass is 410 g/mol. The van der Waals surface area contributed by atoms with E-state index in [-0.39, 0.29) is 6.04 Å². The lowest BCUT2D eigenvalue weighted by atomic mass is 9.96. The van der Waals surface area contributed by atoms with E-state index in [0.29, 0.717) is 22.9 Å². The van der Waals surface area contributed by atoms with Crippen LogP contribution >= 0.6 is 11.3 Å². The lowest BCUT2D eigenvalue weighted by Gasteiger charge is -2.39. The van der Waals surface area contributed by atoms with Gasteiger partial charge < -0.3 is 15.8 Å². The molecule has 3 aromatic rings. The molecule has 2 aliphatic heterocycles. The highest BCUT2D eigenvalue weighted by Crippen LogP contribution is 2.37. The molecule has 1 aromatic carbocycles. The van der Waals surface area contributed by atoms with E-state index in [0.717, 1.165) is 30.0 Å². The first-order valence-electron chi connectivity index (χ1n) is 9.80. The van der Waals surface area contributed by atoms with Crippen LogP contribution in [-0.2, 0) is 6.54 Å². The molecule has 2 amide bonds. The fourth-order valence-corrected chi connectivity index (χ4v) is 5.27. The number of piperidine rings is 1. The van der Waals surface area contributed by atoms with Crippen molar-refractivity contribution in [3.63, 3.8) is 0 Å². The second-order valence-corrected chi connectivity index (χ2v) is 8.59. The third kappa shape index (κ3) is 3.88. The Morgan fingerprint density at radius 2 is 1.90 bits per heavy atom. The van der Waals surface area contributed by atoms with Crippen LogP contribution in [0.15, 0.2) is 36.7 Å². The summed E-state index contributed by atoms with van der Waals surface area (Å²) in [6.07, 6.45) is 7.59. The maximum atomic E-state index is 11.2. The Labute approximate surface area is 172 Å². The zero-order valence-corrected chi connectivity index (χ0v) is 16.6. The first-order chi connectivity index (χ1) is 14.1. The van der Waals surface area contributed by atoms with Gasteiger partial charge in [0.05, 0.1) is 0 Å². The molecule has 3 atom stereocenters. The Kier molecular flexibility index (Phi) is 4.76. The molecule has 2 fully saturated rings. The third-order valence-electron chi connectivity index (χ3n) is 5.75. The molecule has 3 N–H and O–H groups in total. The predicted octanol–water partition coefficient (Wildman–Crippen LogP) is 3.04. The number of carbonyl (C=O) groups is 1. The van der Waals surface area contributed by atoms with E-state index in [1.807, 2.05) is 12.1 Å². The number of nitrogens with zero attached hydrogens (tertiary/aromatic N) is 4. The van der Waals surface area contributed by atoms with Crippen molar-refractivity contribution in [2.45, 2.75) is 50.4 Å². The van der Waals surface area contributed by atoms with Crippen molar-refractivity contribution < 1.29 is 9.53 Å². The Hall–Kier alpha value is -2.78. The summed E-state index contributed by atoms with van der Waals surface area (Å²) >= 11 is 1.38. The summed E-state index contributed by atoms with van der Waals surface area (Å²) in [7, 11) is 0. The van der Waals surface area contributed by atoms with Crippen LogP contribution in [0.4, 0.5) is 4.79 Å². The van der Waals surface area contributed by atoms with Gasteiger partial charge in [0.1, 0.15) is 5.75 Å². The molecule has 0 radical (unpaired) electrons. The van der Waals surface area contributed by atoms with Crippen molar-refractivity contribution >= 4 is 27.8 Å². The van der Waals surface area contributed by atoms with Crippen molar-refractivity contribution in [3.8, 4) is 10.9 Å². The largest absolute Gasteiger partial charge is 0.431 e. The van der Waals surface area contributed by atoms with Crippen LogP contribution in [-0.4, -0.2) is 44.0 Å². The average molecular weight is 411 g/mol. The van der Waals surface area contributed by atoms with E-state index >= 15 is 0 Å². The number of benzene rings is 1. The van der Waals surface area contributed by atoms with Crippen LogP contribution in [0.2, 0.25) is 0 Å². The number of thiazole rings is 1. The van der Waals surface area contributed by atoms with Gasteiger partial charge in [-0.05, 0) is 43.4 Å². The molecule has 9 heteroatoms. The number of hydrogen-bond acceptors (Lipinski definition) is 7. The van der Waals surface area contributed by atoms with Crippen molar-refractivity contribution in [2.75, 3.05) is 0 Å². The SMILES string of the molecule is NC(=O)NC1C[C@H]2CC[C@@H](C1)N2Cc1ccc(Oc2nc3nccnc3s2)cc1. The minimum Gasteiger partial charge on any atom is -0.431 e. The number of hydrogen-bond donors (Lipinski definition) is 2. The average Bonchev–Trinajstić information content (AvgIpc) is 3.20. The number of aromatic nitrogens is 3. The summed E-state index contributed by atoms with van der Waals surface area (Å²) in [4.78, 5) is 27.3. The molecule has 0 saturated carbocycles. The van der Waals surface area contributed by atoms with Gasteiger partial charge in [-0.15, -0.1) is 0 Å². The standard InChI is InChI=1S/C20H22N6O2S/c21-19(27)24-13-9-14-3-4-15(10-13)26(14)11-12-1-5-16(6-2-12)28-20-25-17-18(29-20)23-8-7-22-17/h1-2,5-8,13-15H,3-4,9-11H2,(H3,21,24,27)/t13?,14-,15+. The smallest absolute Gasteiger partial charge is 0.312 e. The van der Waals surface area contributed by atoms with Gasteiger partial charge in [0.25, 0.3) is 5.19 Å². The number of urea groups is 1. The Bertz CT molecular complexity index is 976. The zero-order chi connectivity index (χ0) is 19.8. The van der Waals surface area contributed by atoms with Crippen molar-refractivity contribution in [1.82, 2.24) is 25.2 Å². The molecule has 150 valence electrons. The number of nitrogens with one attached hydrogen (secondary N) is 1. The molecular weight excluding hydrogens is 388 g/mol. The summed E-state index contributed by atoms with van der Waals surface area (Å²) in [6, 6.07) is 8.96. The van der Waals surface area contributed by atoms with Crippen LogP contribution < -0.4 is 15.8 Å². The summed E-state index contributed by atoms with van der Waals surface area (Å²) in [5.74, 6) is 0.750. The molecule has 2 bridgehead atoms. The van der Waals surface area contributed by atoms with E-state index < -0.39 is 6.03 Å². The van der Waals surface area contributed by atoms with Gasteiger partial charge in [-0.1, -0.05) is 23.5 Å². The van der Waals surface area contributed by atoms with E-state index in [9.17, 15) is 4.79 Å². The molecule has 5 rings (SSSR count). The molecule has 8 nitrogen and oxygen atoms in total. The number of rotatable bonds is 5. The molecule has 0 spiro atoms. The van der Waals surface area contributed by atoms with Crippen LogP contribution in [0, 0.1) is 0 Å². The van der Waals surface area contributed by atoms with Gasteiger partial charge in [-0.25, -0.2) is 14.8 Å². The molecule has 2 saturated heterocycles. The lowest BCUT2D eigenvalue weighted by molar-refractivity contribution is 0.112. The number of nitrogens with two attached hydrogens (primary N) is 1. The van der Waals surface area contributed by atoms with E-state index in [4.69, 9.17) is 10.5 Å². The molecule has 29 heavy (non-hydrogen) atoms. The van der Waals surface area contributed by atoms with Gasteiger partial charge in [-0.3, -0.25) is 4.90 Å². The summed E-state index contributed by atoms with van der Waals surface area (Å²) in [6.45, 7) is 0.911. The minimum atomic E-state index is -0.418. The van der Waals surface area contributed by atoms with E-state index in [1.54, 1.807) is 12.4 Å². The maximum Gasteiger partial charge on any atom is 0.312 e. The second kappa shape index (κ2) is 7.57. The van der Waals surface area contributed by atoms with Gasteiger partial charge in [0.2, 0.25) is 0 Å². The maximum absolute atomic E-state index is 11.2. The third-order valence-corrected chi connectivity index (χ3v) is 6.58. The topological polar surface area (TPSA) is 106 Å². The normalized spacial score (nSPS) is 23.9. The second-order valence-electron chi connectivity index (χ2n) is 7.65. The summed E-state index contributed by atoms with van der Waals surface area (Å²) < 4.78 is 5.88. The fraction of sp³-hybridized carbons (Fsp3) is 0.400. The number of carbonyl (C=O) groups excluding carboxylic acids is 1. The van der Waals surface area contributed by atoms with Crippen LogP contribution in [0.1, 0.15) is 31.2 Å². The summed E-state index contributed by atoms with van der Waals surface area (Å²) in [5.41, 5.74) is 7.16. The van der Waals surface area contributed by atoms with Crippen LogP contribution in [0.25, 0.3) is 10.5 Å².